The van der Waals surface area contributed by atoms with E-state index in [1.165, 1.54) is 43.2 Å². The van der Waals surface area contributed by atoms with Crippen molar-refractivity contribution in [2.45, 2.75) is 56.9 Å². The van der Waals surface area contributed by atoms with Crippen molar-refractivity contribution in [1.29, 1.82) is 0 Å². The molecule has 2 bridgehead atoms. The second kappa shape index (κ2) is 7.00. The molecule has 1 saturated carbocycles. The van der Waals surface area contributed by atoms with E-state index in [-0.39, 0.29) is 5.41 Å². The summed E-state index contributed by atoms with van der Waals surface area (Å²) in [6, 6.07) is 13.1. The summed E-state index contributed by atoms with van der Waals surface area (Å²) in [7, 11) is 0. The van der Waals surface area contributed by atoms with E-state index in [9.17, 15) is 5.11 Å². The molecule has 0 amide bonds. The van der Waals surface area contributed by atoms with Crippen molar-refractivity contribution in [1.82, 2.24) is 5.32 Å². The number of phenols is 1. The lowest BCUT2D eigenvalue weighted by Gasteiger charge is -2.56. The standard InChI is InChI=1S/C24H31N3O/c1-2-25-19-8-3-4-9-20(19)27-22-14-16-13-21-17-7-5-6-10-24(17,11-12-26-21)18(16)15-23(22)28/h3-4,8-9,14-15,17,21,25-28H,2,5-7,10-13H2,1H3/t17-,21+,24+/m1/s1. The van der Waals surface area contributed by atoms with Crippen molar-refractivity contribution in [3.63, 3.8) is 0 Å². The maximum atomic E-state index is 10.9. The first kappa shape index (κ1) is 17.9. The summed E-state index contributed by atoms with van der Waals surface area (Å²) in [6.07, 6.45) is 7.56. The zero-order valence-corrected chi connectivity index (χ0v) is 16.7. The summed E-state index contributed by atoms with van der Waals surface area (Å²) in [5.74, 6) is 1.11. The quantitative estimate of drug-likeness (QED) is 0.572. The van der Waals surface area contributed by atoms with Crippen LogP contribution in [0.5, 0.6) is 5.75 Å². The zero-order valence-electron chi connectivity index (χ0n) is 16.7. The molecule has 1 heterocycles. The van der Waals surface area contributed by atoms with E-state index >= 15 is 0 Å². The Balaban J connectivity index is 1.54. The van der Waals surface area contributed by atoms with Crippen LogP contribution in [0.25, 0.3) is 0 Å². The summed E-state index contributed by atoms with van der Waals surface area (Å²) in [5.41, 5.74) is 6.00. The van der Waals surface area contributed by atoms with Crippen molar-refractivity contribution in [3.05, 3.63) is 47.5 Å². The number of rotatable bonds is 4. The Kier molecular flexibility index (Phi) is 4.47. The van der Waals surface area contributed by atoms with E-state index < -0.39 is 0 Å². The van der Waals surface area contributed by atoms with Gasteiger partial charge in [0, 0.05) is 18.0 Å². The Labute approximate surface area is 167 Å². The van der Waals surface area contributed by atoms with Gasteiger partial charge in [-0.25, -0.2) is 0 Å². The highest BCUT2D eigenvalue weighted by Crippen LogP contribution is 2.55. The molecule has 2 aromatic rings. The number of hydrogen-bond donors (Lipinski definition) is 4. The van der Waals surface area contributed by atoms with Crippen LogP contribution in [0.2, 0.25) is 0 Å². The molecule has 2 fully saturated rings. The molecule has 28 heavy (non-hydrogen) atoms. The van der Waals surface area contributed by atoms with Gasteiger partial charge in [-0.1, -0.05) is 25.0 Å². The SMILES string of the molecule is CCNc1ccccc1Nc1cc2c(cc1O)[C@]13CCCC[C@@H]1[C@H](C2)NCC3. The Morgan fingerprint density at radius 1 is 1.11 bits per heavy atom. The number of phenolic OH excluding ortho intramolecular Hbond substituents is 1. The van der Waals surface area contributed by atoms with Crippen molar-refractivity contribution < 1.29 is 5.11 Å². The van der Waals surface area contributed by atoms with E-state index in [1.807, 2.05) is 12.1 Å². The molecule has 1 saturated heterocycles. The lowest BCUT2D eigenvalue weighted by Crippen LogP contribution is -2.59. The minimum absolute atomic E-state index is 0.277. The average molecular weight is 378 g/mol. The molecule has 3 atom stereocenters. The topological polar surface area (TPSA) is 56.3 Å². The van der Waals surface area contributed by atoms with Crippen LogP contribution in [0.15, 0.2) is 36.4 Å². The average Bonchev–Trinajstić information content (AvgIpc) is 2.71. The number of nitrogens with one attached hydrogen (secondary N) is 3. The van der Waals surface area contributed by atoms with Gasteiger partial charge in [0.2, 0.25) is 0 Å². The van der Waals surface area contributed by atoms with E-state index in [2.05, 4.69) is 47.1 Å². The van der Waals surface area contributed by atoms with Gasteiger partial charge in [-0.15, -0.1) is 0 Å². The Hall–Kier alpha value is -2.20. The number of piperidine rings is 1. The highest BCUT2D eigenvalue weighted by Gasteiger charge is 2.51. The number of aromatic hydroxyl groups is 1. The number of para-hydroxylation sites is 2. The van der Waals surface area contributed by atoms with Gasteiger partial charge in [-0.2, -0.15) is 0 Å². The molecule has 4 N–H and O–H groups in total. The van der Waals surface area contributed by atoms with E-state index in [0.717, 1.165) is 42.5 Å². The van der Waals surface area contributed by atoms with Crippen LogP contribution in [-0.2, 0) is 11.8 Å². The monoisotopic (exact) mass is 377 g/mol. The van der Waals surface area contributed by atoms with E-state index in [4.69, 9.17) is 0 Å². The summed E-state index contributed by atoms with van der Waals surface area (Å²) < 4.78 is 0. The van der Waals surface area contributed by atoms with Gasteiger partial charge in [-0.3, -0.25) is 0 Å². The van der Waals surface area contributed by atoms with Gasteiger partial charge in [0.05, 0.1) is 17.1 Å². The minimum atomic E-state index is 0.277. The number of fused-ring (bicyclic) bond motifs is 1. The predicted octanol–water partition coefficient (Wildman–Crippen LogP) is 4.91. The lowest BCUT2D eigenvalue weighted by atomic mass is 9.53. The van der Waals surface area contributed by atoms with Gasteiger partial charge in [-0.05, 0) is 80.5 Å². The molecule has 148 valence electrons. The van der Waals surface area contributed by atoms with Crippen molar-refractivity contribution >= 4 is 17.1 Å². The molecule has 2 aliphatic carbocycles. The van der Waals surface area contributed by atoms with Crippen LogP contribution >= 0.6 is 0 Å². The smallest absolute Gasteiger partial charge is 0.139 e. The first-order chi connectivity index (χ1) is 13.7. The van der Waals surface area contributed by atoms with Gasteiger partial charge < -0.3 is 21.1 Å². The molecule has 3 aliphatic rings. The Morgan fingerprint density at radius 2 is 1.96 bits per heavy atom. The van der Waals surface area contributed by atoms with Crippen molar-refractivity contribution in [2.24, 2.45) is 5.92 Å². The summed E-state index contributed by atoms with van der Waals surface area (Å²) in [6.45, 7) is 4.07. The summed E-state index contributed by atoms with van der Waals surface area (Å²) >= 11 is 0. The molecule has 5 rings (SSSR count). The molecule has 1 aliphatic heterocycles. The van der Waals surface area contributed by atoms with E-state index in [1.54, 1.807) is 0 Å². The van der Waals surface area contributed by atoms with Crippen LogP contribution in [0.3, 0.4) is 0 Å². The molecule has 0 aromatic heterocycles. The highest BCUT2D eigenvalue weighted by atomic mass is 16.3. The molecule has 4 heteroatoms. The first-order valence-corrected chi connectivity index (χ1v) is 10.9. The molecular formula is C24H31N3O. The number of benzene rings is 2. The van der Waals surface area contributed by atoms with Crippen LogP contribution in [0.4, 0.5) is 17.1 Å². The lowest BCUT2D eigenvalue weighted by molar-refractivity contribution is 0.0796. The highest BCUT2D eigenvalue weighted by molar-refractivity contribution is 5.77. The fraction of sp³-hybridized carbons (Fsp3) is 0.500. The van der Waals surface area contributed by atoms with Crippen LogP contribution < -0.4 is 16.0 Å². The van der Waals surface area contributed by atoms with Crippen LogP contribution in [-0.4, -0.2) is 24.2 Å². The molecule has 0 spiro atoms. The van der Waals surface area contributed by atoms with Gasteiger partial charge in [0.1, 0.15) is 5.75 Å². The maximum absolute atomic E-state index is 10.9. The predicted molar refractivity (Wildman–Crippen MR) is 116 cm³/mol. The first-order valence-electron chi connectivity index (χ1n) is 10.9. The van der Waals surface area contributed by atoms with Crippen LogP contribution in [0.1, 0.15) is 50.2 Å². The zero-order chi connectivity index (χ0) is 19.1. The second-order valence-corrected chi connectivity index (χ2v) is 8.75. The van der Waals surface area contributed by atoms with Crippen molar-refractivity contribution in [2.75, 3.05) is 23.7 Å². The third-order valence-corrected chi connectivity index (χ3v) is 7.32. The third-order valence-electron chi connectivity index (χ3n) is 7.32. The molecule has 2 aromatic carbocycles. The van der Waals surface area contributed by atoms with Crippen LogP contribution in [0, 0.1) is 5.92 Å². The molecule has 4 nitrogen and oxygen atoms in total. The second-order valence-electron chi connectivity index (χ2n) is 8.75. The minimum Gasteiger partial charge on any atom is -0.506 e. The summed E-state index contributed by atoms with van der Waals surface area (Å²) in [5, 5.41) is 21.6. The molecular weight excluding hydrogens is 346 g/mol. The molecule has 0 unspecified atom stereocenters. The largest absolute Gasteiger partial charge is 0.506 e. The van der Waals surface area contributed by atoms with Gasteiger partial charge in [0.25, 0.3) is 0 Å². The van der Waals surface area contributed by atoms with Crippen molar-refractivity contribution in [3.8, 4) is 5.75 Å². The number of hydrogen-bond acceptors (Lipinski definition) is 4. The fourth-order valence-corrected chi connectivity index (χ4v) is 6.15. The Morgan fingerprint density at radius 3 is 2.82 bits per heavy atom. The normalized spacial score (nSPS) is 28.2. The molecule has 0 radical (unpaired) electrons. The van der Waals surface area contributed by atoms with Gasteiger partial charge >= 0.3 is 0 Å². The Bertz CT molecular complexity index is 876. The number of anilines is 3. The van der Waals surface area contributed by atoms with E-state index in [0.29, 0.717) is 11.8 Å². The third kappa shape index (κ3) is 2.77. The van der Waals surface area contributed by atoms with Gasteiger partial charge in [0.15, 0.2) is 0 Å². The maximum Gasteiger partial charge on any atom is 0.139 e. The fourth-order valence-electron chi connectivity index (χ4n) is 6.15. The summed E-state index contributed by atoms with van der Waals surface area (Å²) in [4.78, 5) is 0.